The Kier molecular flexibility index (Phi) is 5.85. The van der Waals surface area contributed by atoms with E-state index in [-0.39, 0.29) is 5.91 Å². The predicted molar refractivity (Wildman–Crippen MR) is 114 cm³/mol. The van der Waals surface area contributed by atoms with Crippen LogP contribution in [-0.2, 0) is 23.6 Å². The van der Waals surface area contributed by atoms with Gasteiger partial charge in [-0.15, -0.1) is 0 Å². The molecule has 1 amide bonds. The number of hydrogen-bond donors (Lipinski definition) is 1. The summed E-state index contributed by atoms with van der Waals surface area (Å²) < 4.78 is 11.6. The van der Waals surface area contributed by atoms with Crippen molar-refractivity contribution in [2.75, 3.05) is 29.9 Å². The molecule has 0 radical (unpaired) electrons. The van der Waals surface area contributed by atoms with E-state index in [1.807, 2.05) is 4.90 Å². The summed E-state index contributed by atoms with van der Waals surface area (Å²) in [6, 6.07) is 0.383. The van der Waals surface area contributed by atoms with Crippen molar-refractivity contribution in [1.82, 2.24) is 9.88 Å². The molecule has 1 N–H and O–H groups in total. The number of aromatic nitrogens is 1. The highest BCUT2D eigenvalue weighted by atomic mass is 32.2. The van der Waals surface area contributed by atoms with Gasteiger partial charge in [-0.3, -0.25) is 9.00 Å². The fraction of sp³-hybridized carbons (Fsp3) is 0.636. The fourth-order valence-electron chi connectivity index (χ4n) is 4.95. The van der Waals surface area contributed by atoms with Crippen LogP contribution in [0.25, 0.3) is 0 Å². The second kappa shape index (κ2) is 8.36. The minimum absolute atomic E-state index is 0.0635. The molecule has 2 aliphatic carbocycles. The Morgan fingerprint density at radius 2 is 1.93 bits per heavy atom. The molecule has 0 aromatic carbocycles. The molecule has 6 heteroatoms. The molecular formula is C22H31N3O2S. The highest BCUT2D eigenvalue weighted by molar-refractivity contribution is 7.85. The molecule has 152 valence electrons. The van der Waals surface area contributed by atoms with E-state index in [4.69, 9.17) is 4.98 Å². The smallest absolute Gasteiger partial charge is 0.255 e. The molecule has 2 heterocycles. The normalized spacial score (nSPS) is 26.0. The molecule has 2 unspecified atom stereocenters. The van der Waals surface area contributed by atoms with Gasteiger partial charge in [-0.2, -0.15) is 0 Å². The summed E-state index contributed by atoms with van der Waals surface area (Å²) in [7, 11) is -0.776. The molecule has 28 heavy (non-hydrogen) atoms. The minimum Gasteiger partial charge on any atom is -0.367 e. The first-order valence-electron chi connectivity index (χ1n) is 10.6. The molecule has 1 saturated carbocycles. The fourth-order valence-corrected chi connectivity index (χ4v) is 6.00. The quantitative estimate of drug-likeness (QED) is 0.789. The van der Waals surface area contributed by atoms with Gasteiger partial charge in [0.05, 0.1) is 5.56 Å². The van der Waals surface area contributed by atoms with Gasteiger partial charge in [-0.1, -0.05) is 19.1 Å². The summed E-state index contributed by atoms with van der Waals surface area (Å²) in [6.07, 6.45) is 9.25. The number of nitrogens with one attached hydrogen (secondary N) is 1. The average molecular weight is 402 g/mol. The molecule has 5 nitrogen and oxygen atoms in total. The van der Waals surface area contributed by atoms with Crippen LogP contribution in [0.3, 0.4) is 0 Å². The molecule has 1 aromatic rings. The molecule has 1 aromatic heterocycles. The number of carbonyl (C=O) groups excluding carboxylic acids is 1. The van der Waals surface area contributed by atoms with Crippen molar-refractivity contribution in [1.29, 1.82) is 0 Å². The maximum absolute atomic E-state index is 13.1. The van der Waals surface area contributed by atoms with Crippen LogP contribution in [0.5, 0.6) is 0 Å². The molecule has 2 fully saturated rings. The number of rotatable bonds is 3. The zero-order chi connectivity index (χ0) is 19.7. The summed E-state index contributed by atoms with van der Waals surface area (Å²) in [4.78, 5) is 19.7. The maximum Gasteiger partial charge on any atom is 0.255 e. The lowest BCUT2D eigenvalue weighted by atomic mass is 9.83. The van der Waals surface area contributed by atoms with Crippen LogP contribution in [0.4, 0.5) is 5.82 Å². The van der Waals surface area contributed by atoms with Gasteiger partial charge in [0, 0.05) is 47.6 Å². The standard InChI is InChI=1S/C22H31N3O2S/c1-15-11-16(2)13-17(12-15)24-21-19-6-4-3-5-18(19)20(14-23-21)22(26)25-7-9-28(27)10-8-25/h14,16-17H,1,3-13H2,2H3,(H,23,24). The predicted octanol–water partition coefficient (Wildman–Crippen LogP) is 3.32. The van der Waals surface area contributed by atoms with E-state index in [1.165, 1.54) is 16.7 Å². The summed E-state index contributed by atoms with van der Waals surface area (Å²) in [5.41, 5.74) is 4.50. The Labute approximate surface area is 170 Å². The Hall–Kier alpha value is -1.69. The molecular weight excluding hydrogens is 370 g/mol. The third-order valence-electron chi connectivity index (χ3n) is 6.30. The highest BCUT2D eigenvalue weighted by Gasteiger charge is 2.28. The Bertz CT molecular complexity index is 797. The van der Waals surface area contributed by atoms with E-state index in [0.29, 0.717) is 36.6 Å². The van der Waals surface area contributed by atoms with Gasteiger partial charge < -0.3 is 10.2 Å². The van der Waals surface area contributed by atoms with Crippen molar-refractivity contribution in [2.24, 2.45) is 5.92 Å². The summed E-state index contributed by atoms with van der Waals surface area (Å²) in [5.74, 6) is 2.86. The van der Waals surface area contributed by atoms with E-state index in [9.17, 15) is 9.00 Å². The van der Waals surface area contributed by atoms with Crippen molar-refractivity contribution >= 4 is 22.5 Å². The van der Waals surface area contributed by atoms with Crippen molar-refractivity contribution in [3.05, 3.63) is 35.0 Å². The third kappa shape index (κ3) is 4.17. The van der Waals surface area contributed by atoms with Crippen LogP contribution in [0.2, 0.25) is 0 Å². The zero-order valence-corrected chi connectivity index (χ0v) is 17.7. The number of nitrogens with zero attached hydrogens (tertiary/aromatic N) is 2. The van der Waals surface area contributed by atoms with E-state index >= 15 is 0 Å². The second-order valence-electron chi connectivity index (χ2n) is 8.67. The summed E-state index contributed by atoms with van der Waals surface area (Å²) in [6.45, 7) is 7.66. The average Bonchev–Trinajstić information content (AvgIpc) is 2.67. The first-order chi connectivity index (χ1) is 13.5. The van der Waals surface area contributed by atoms with Gasteiger partial charge in [0.1, 0.15) is 5.82 Å². The zero-order valence-electron chi connectivity index (χ0n) is 16.8. The van der Waals surface area contributed by atoms with Crippen LogP contribution >= 0.6 is 0 Å². The number of amides is 1. The Morgan fingerprint density at radius 1 is 1.21 bits per heavy atom. The summed E-state index contributed by atoms with van der Waals surface area (Å²) >= 11 is 0. The molecule has 1 saturated heterocycles. The lowest BCUT2D eigenvalue weighted by Crippen LogP contribution is -2.42. The van der Waals surface area contributed by atoms with Gasteiger partial charge in [0.2, 0.25) is 0 Å². The van der Waals surface area contributed by atoms with E-state index in [0.717, 1.165) is 56.3 Å². The van der Waals surface area contributed by atoms with Crippen molar-refractivity contribution in [3.63, 3.8) is 0 Å². The maximum atomic E-state index is 13.1. The SMILES string of the molecule is C=C1CC(C)CC(Nc2ncc(C(=O)N3CCS(=O)CC3)c3c2CCCC3)C1. The largest absolute Gasteiger partial charge is 0.367 e. The van der Waals surface area contributed by atoms with Gasteiger partial charge in [-0.25, -0.2) is 4.98 Å². The van der Waals surface area contributed by atoms with Crippen molar-refractivity contribution < 1.29 is 9.00 Å². The van der Waals surface area contributed by atoms with Gasteiger partial charge >= 0.3 is 0 Å². The lowest BCUT2D eigenvalue weighted by molar-refractivity contribution is 0.0769. The molecule has 0 spiro atoms. The van der Waals surface area contributed by atoms with Crippen LogP contribution in [0.1, 0.15) is 60.5 Å². The highest BCUT2D eigenvalue weighted by Crippen LogP contribution is 2.33. The summed E-state index contributed by atoms with van der Waals surface area (Å²) in [5, 5.41) is 3.68. The number of fused-ring (bicyclic) bond motifs is 1. The molecule has 2 atom stereocenters. The Morgan fingerprint density at radius 3 is 2.64 bits per heavy atom. The molecule has 0 bridgehead atoms. The Balaban J connectivity index is 1.57. The molecule has 1 aliphatic heterocycles. The van der Waals surface area contributed by atoms with E-state index < -0.39 is 10.8 Å². The van der Waals surface area contributed by atoms with Crippen LogP contribution in [-0.4, -0.2) is 50.6 Å². The van der Waals surface area contributed by atoms with Crippen molar-refractivity contribution in [3.8, 4) is 0 Å². The molecule has 4 rings (SSSR count). The van der Waals surface area contributed by atoms with Gasteiger partial charge in [0.15, 0.2) is 0 Å². The topological polar surface area (TPSA) is 62.3 Å². The first-order valence-corrected chi connectivity index (χ1v) is 12.1. The number of hydrogen-bond acceptors (Lipinski definition) is 4. The van der Waals surface area contributed by atoms with Gasteiger partial charge in [0.25, 0.3) is 5.91 Å². The van der Waals surface area contributed by atoms with Gasteiger partial charge in [-0.05, 0) is 62.0 Å². The van der Waals surface area contributed by atoms with Crippen LogP contribution < -0.4 is 5.32 Å². The van der Waals surface area contributed by atoms with E-state index in [1.54, 1.807) is 6.20 Å². The second-order valence-corrected chi connectivity index (χ2v) is 10.4. The first kappa shape index (κ1) is 19.6. The van der Waals surface area contributed by atoms with Crippen LogP contribution in [0.15, 0.2) is 18.3 Å². The lowest BCUT2D eigenvalue weighted by Gasteiger charge is -2.32. The number of pyridine rings is 1. The number of anilines is 1. The molecule has 3 aliphatic rings. The number of carbonyl (C=O) groups is 1. The monoisotopic (exact) mass is 401 g/mol. The third-order valence-corrected chi connectivity index (χ3v) is 7.57. The minimum atomic E-state index is -0.776. The van der Waals surface area contributed by atoms with E-state index in [2.05, 4.69) is 18.8 Å². The van der Waals surface area contributed by atoms with Crippen molar-refractivity contribution in [2.45, 2.75) is 57.9 Å². The van der Waals surface area contributed by atoms with Crippen LogP contribution in [0, 0.1) is 5.92 Å².